The Morgan fingerprint density at radius 3 is 0.667 bits per heavy atom. The molecule has 13 aromatic rings. The molecule has 0 aliphatic carbocycles. The third-order valence-electron chi connectivity index (χ3n) is 15.3. The molecule has 0 fully saturated rings. The molecule has 0 atom stereocenters. The van der Waals surface area contributed by atoms with E-state index in [1.165, 1.54) is 11.1 Å². The van der Waals surface area contributed by atoms with Crippen LogP contribution in [0.4, 0.5) is 0 Å². The summed E-state index contributed by atoms with van der Waals surface area (Å²) in [6.07, 6.45) is 0. The molecule has 0 aromatic heterocycles. The quantitative estimate of drug-likeness (QED) is 0.0903. The highest BCUT2D eigenvalue weighted by atomic mass is 31.2. The van der Waals surface area contributed by atoms with Crippen molar-refractivity contribution in [1.29, 1.82) is 0 Å². The van der Waals surface area contributed by atoms with Gasteiger partial charge in [-0.15, -0.1) is 0 Å². The highest BCUT2D eigenvalue weighted by Gasteiger charge is 2.31. The zero-order valence-electron chi connectivity index (χ0n) is 42.7. The van der Waals surface area contributed by atoms with Crippen LogP contribution in [-0.2, 0) is 9.13 Å². The van der Waals surface area contributed by atoms with Gasteiger partial charge in [-0.2, -0.15) is 0 Å². The Morgan fingerprint density at radius 2 is 0.372 bits per heavy atom. The van der Waals surface area contributed by atoms with Gasteiger partial charge in [0.1, 0.15) is 0 Å². The largest absolute Gasteiger partial charge is 0.309 e. The topological polar surface area (TPSA) is 34.1 Å². The van der Waals surface area contributed by atoms with E-state index in [0.717, 1.165) is 109 Å². The van der Waals surface area contributed by atoms with Crippen molar-refractivity contribution in [3.05, 3.63) is 315 Å². The van der Waals surface area contributed by atoms with Crippen molar-refractivity contribution in [2.45, 2.75) is 0 Å². The molecule has 0 amide bonds. The van der Waals surface area contributed by atoms with Gasteiger partial charge in [0, 0.05) is 31.8 Å². The maximum Gasteiger partial charge on any atom is 0.171 e. The van der Waals surface area contributed by atoms with Crippen molar-refractivity contribution in [2.24, 2.45) is 0 Å². The normalized spacial score (nSPS) is 11.7. The van der Waals surface area contributed by atoms with E-state index in [-0.39, 0.29) is 0 Å². The molecule has 4 heteroatoms. The first kappa shape index (κ1) is 48.5. The predicted octanol–water partition coefficient (Wildman–Crippen LogP) is 17.3. The van der Waals surface area contributed by atoms with Gasteiger partial charge >= 0.3 is 0 Å². The number of hydrogen-bond donors (Lipinski definition) is 0. The van der Waals surface area contributed by atoms with Gasteiger partial charge in [0.05, 0.1) is 0 Å². The molecule has 13 aromatic carbocycles. The SMILES string of the molecule is O=P(c1ccccc1)(c1ccccc1)c1ccc(-c2ccc3c(-c4ccc(-c5ccccc5)cc4)c4cc(-c5ccc(P(=O)(c6ccccc6)c6ccccc6)cc5)ccc4c(-c4ccc(-c5ccccc5)cc4)c3c2)cc1. The van der Waals surface area contributed by atoms with Crippen LogP contribution in [0.5, 0.6) is 0 Å². The number of hydrogen-bond acceptors (Lipinski definition) is 2. The molecule has 13 rings (SSSR count). The fourth-order valence-corrected chi connectivity index (χ4v) is 16.6. The number of benzene rings is 13. The minimum absolute atomic E-state index is 0.794. The average molecular weight is 1040 g/mol. The molecular weight excluding hydrogens is 983 g/mol. The highest BCUT2D eigenvalue weighted by Crippen LogP contribution is 2.48. The molecule has 0 unspecified atom stereocenters. The zero-order chi connectivity index (χ0) is 52.5. The van der Waals surface area contributed by atoms with Gasteiger partial charge in [0.2, 0.25) is 0 Å². The van der Waals surface area contributed by atoms with Gasteiger partial charge in [-0.1, -0.05) is 303 Å². The molecule has 370 valence electrons. The van der Waals surface area contributed by atoms with Gasteiger partial charge in [0.15, 0.2) is 14.3 Å². The van der Waals surface area contributed by atoms with Gasteiger partial charge < -0.3 is 9.13 Å². The molecule has 78 heavy (non-hydrogen) atoms. The van der Waals surface area contributed by atoms with Gasteiger partial charge in [-0.3, -0.25) is 0 Å². The molecule has 0 radical (unpaired) electrons. The summed E-state index contributed by atoms with van der Waals surface area (Å²) in [5.74, 6) is 0. The Hall–Kier alpha value is -9.16. The Morgan fingerprint density at radius 1 is 0.167 bits per heavy atom. The minimum atomic E-state index is -3.17. The molecule has 0 N–H and O–H groups in total. The molecular formula is C74H52O2P2. The van der Waals surface area contributed by atoms with Crippen LogP contribution in [0.2, 0.25) is 0 Å². The Kier molecular flexibility index (Phi) is 12.9. The van der Waals surface area contributed by atoms with Crippen molar-refractivity contribution in [3.63, 3.8) is 0 Å². The summed E-state index contributed by atoms with van der Waals surface area (Å²) < 4.78 is 30.8. The monoisotopic (exact) mass is 1030 g/mol. The summed E-state index contributed by atoms with van der Waals surface area (Å²) in [5, 5.41) is 9.36. The number of fused-ring (bicyclic) bond motifs is 2. The van der Waals surface area contributed by atoms with Crippen LogP contribution in [0, 0.1) is 0 Å². The van der Waals surface area contributed by atoms with Crippen molar-refractivity contribution >= 4 is 67.7 Å². The van der Waals surface area contributed by atoms with Crippen LogP contribution in [0.3, 0.4) is 0 Å². The van der Waals surface area contributed by atoms with E-state index in [2.05, 4.69) is 194 Å². The average Bonchev–Trinajstić information content (AvgIpc) is 3.72. The molecule has 0 aliphatic rings. The Balaban J connectivity index is 1.00. The third kappa shape index (κ3) is 8.86. The first-order chi connectivity index (χ1) is 38.4. The van der Waals surface area contributed by atoms with Crippen LogP contribution in [0.1, 0.15) is 0 Å². The number of rotatable bonds is 12. The first-order valence-electron chi connectivity index (χ1n) is 26.4. The standard InChI is InChI=1S/C74H52O2P2/c75-77(63-23-11-3-12-24-63,64-25-13-4-14-26-64)67-45-39-57(40-46-67)61-44-50-70-71(51-61)73(59-35-31-55(32-36-59)53-19-7-1-8-20-53)69-49-43-62(52-72(69)74(70)60-37-33-56(34-38-60)54-21-9-2-10-22-54)58-41-47-68(48-42-58)78(76,65-27-15-5-16-28-65)66-29-17-6-18-30-66/h1-52H. The van der Waals surface area contributed by atoms with E-state index in [0.29, 0.717) is 0 Å². The first-order valence-corrected chi connectivity index (χ1v) is 29.8. The second-order valence-electron chi connectivity index (χ2n) is 19.8. The highest BCUT2D eigenvalue weighted by molar-refractivity contribution is 7.85. The van der Waals surface area contributed by atoms with Crippen LogP contribution in [0.15, 0.2) is 315 Å². The Labute approximate surface area is 456 Å². The second-order valence-corrected chi connectivity index (χ2v) is 25.3. The molecule has 0 heterocycles. The molecule has 0 spiro atoms. The van der Waals surface area contributed by atoms with E-state index >= 15 is 9.13 Å². The lowest BCUT2D eigenvalue weighted by Gasteiger charge is -2.21. The maximum atomic E-state index is 15.4. The fourth-order valence-electron chi connectivity index (χ4n) is 11.3. The van der Waals surface area contributed by atoms with E-state index in [1.807, 2.05) is 121 Å². The van der Waals surface area contributed by atoms with E-state index in [9.17, 15) is 0 Å². The molecule has 0 saturated carbocycles. The van der Waals surface area contributed by atoms with Crippen molar-refractivity contribution in [1.82, 2.24) is 0 Å². The second kappa shape index (κ2) is 20.8. The lowest BCUT2D eigenvalue weighted by atomic mass is 9.83. The molecule has 0 saturated heterocycles. The van der Waals surface area contributed by atoms with Crippen molar-refractivity contribution in [2.75, 3.05) is 0 Å². The minimum Gasteiger partial charge on any atom is -0.309 e. The van der Waals surface area contributed by atoms with Crippen molar-refractivity contribution < 1.29 is 9.13 Å². The van der Waals surface area contributed by atoms with Gasteiger partial charge in [-0.25, -0.2) is 0 Å². The molecule has 0 aliphatic heterocycles. The fraction of sp³-hybridized carbons (Fsp3) is 0. The summed E-state index contributed by atoms with van der Waals surface area (Å²) in [7, 11) is -6.34. The summed E-state index contributed by atoms with van der Waals surface area (Å²) in [6, 6.07) is 109. The smallest absolute Gasteiger partial charge is 0.171 e. The lowest BCUT2D eigenvalue weighted by molar-refractivity contribution is 0.591. The summed E-state index contributed by atoms with van der Waals surface area (Å²) >= 11 is 0. The molecule has 0 bridgehead atoms. The summed E-state index contributed by atoms with van der Waals surface area (Å²) in [4.78, 5) is 0. The lowest BCUT2D eigenvalue weighted by Crippen LogP contribution is -2.24. The van der Waals surface area contributed by atoms with Crippen LogP contribution in [-0.4, -0.2) is 0 Å². The maximum absolute atomic E-state index is 15.4. The van der Waals surface area contributed by atoms with Crippen LogP contribution < -0.4 is 31.8 Å². The third-order valence-corrected chi connectivity index (χ3v) is 21.4. The van der Waals surface area contributed by atoms with Crippen LogP contribution in [0.25, 0.3) is 88.3 Å². The summed E-state index contributed by atoms with van der Waals surface area (Å²) in [5.41, 5.74) is 13.4. The Bertz CT molecular complexity index is 3970. The van der Waals surface area contributed by atoms with E-state index in [1.54, 1.807) is 0 Å². The predicted molar refractivity (Wildman–Crippen MR) is 333 cm³/mol. The molecule has 2 nitrogen and oxygen atoms in total. The van der Waals surface area contributed by atoms with E-state index in [4.69, 9.17) is 0 Å². The zero-order valence-corrected chi connectivity index (χ0v) is 44.5. The summed E-state index contributed by atoms with van der Waals surface area (Å²) in [6.45, 7) is 0. The van der Waals surface area contributed by atoms with Gasteiger partial charge in [-0.05, 0) is 100 Å². The van der Waals surface area contributed by atoms with E-state index < -0.39 is 14.3 Å². The van der Waals surface area contributed by atoms with Crippen LogP contribution >= 0.6 is 14.3 Å². The van der Waals surface area contributed by atoms with Crippen molar-refractivity contribution in [3.8, 4) is 66.8 Å². The van der Waals surface area contributed by atoms with Gasteiger partial charge in [0.25, 0.3) is 0 Å².